The number of hydrogen-bond acceptors (Lipinski definition) is 4. The van der Waals surface area contributed by atoms with E-state index in [1.165, 1.54) is 32.1 Å². The molecule has 0 aromatic carbocycles. The van der Waals surface area contributed by atoms with Crippen molar-refractivity contribution in [2.45, 2.75) is 32.1 Å². The summed E-state index contributed by atoms with van der Waals surface area (Å²) in [5, 5.41) is 2.99. The Balaban J connectivity index is 1.60. The Bertz CT molecular complexity index is 643. The van der Waals surface area contributed by atoms with Crippen LogP contribution in [0.5, 0.6) is 0 Å². The maximum absolute atomic E-state index is 12.2. The molecule has 0 saturated heterocycles. The number of fused-ring (bicyclic) bond motifs is 1. The van der Waals surface area contributed by atoms with Crippen molar-refractivity contribution in [2.75, 3.05) is 18.8 Å². The zero-order valence-corrected chi connectivity index (χ0v) is 13.3. The fourth-order valence-corrected chi connectivity index (χ4v) is 4.04. The summed E-state index contributed by atoms with van der Waals surface area (Å²) in [6.45, 7) is 1.06. The van der Waals surface area contributed by atoms with Crippen molar-refractivity contribution in [1.82, 2.24) is 10.2 Å². The van der Waals surface area contributed by atoms with Crippen LogP contribution in [-0.4, -0.2) is 43.9 Å². The Hall–Kier alpha value is -1.63. The summed E-state index contributed by atoms with van der Waals surface area (Å²) in [5.74, 6) is 0.852. The fraction of sp³-hybridized carbons (Fsp3) is 0.600. The number of nitrogens with zero attached hydrogens (tertiary/aromatic N) is 2. The van der Waals surface area contributed by atoms with Gasteiger partial charge < -0.3 is 10.2 Å². The number of carbonyl (C=O) groups is 1. The number of sulfonamides is 1. The van der Waals surface area contributed by atoms with Gasteiger partial charge >= 0.3 is 0 Å². The molecule has 7 heteroatoms. The number of nitrogens with one attached hydrogen (secondary N) is 1. The van der Waals surface area contributed by atoms with Crippen LogP contribution in [-0.2, 0) is 14.8 Å². The average Bonchev–Trinajstić information content (AvgIpc) is 2.52. The highest BCUT2D eigenvalue weighted by molar-refractivity contribution is 7.90. The molecule has 1 saturated carbocycles. The Morgan fingerprint density at radius 3 is 2.82 bits per heavy atom. The van der Waals surface area contributed by atoms with Gasteiger partial charge in [-0.3, -0.25) is 4.79 Å². The molecule has 2 heterocycles. The molecule has 0 unspecified atom stereocenters. The molecule has 0 atom stereocenters. The minimum Gasteiger partial charge on any atom is -0.352 e. The molecular formula is C15H21N3O3S. The van der Waals surface area contributed by atoms with Crippen LogP contribution in [0.1, 0.15) is 32.1 Å². The number of carbonyl (C=O) groups excluding carboxylic acids is 1. The maximum atomic E-state index is 12.2. The van der Waals surface area contributed by atoms with Crippen molar-refractivity contribution >= 4 is 21.8 Å². The molecular weight excluding hydrogens is 302 g/mol. The predicted octanol–water partition coefficient (Wildman–Crippen LogP) is 1.18. The van der Waals surface area contributed by atoms with Gasteiger partial charge in [0.05, 0.1) is 11.3 Å². The molecule has 0 bridgehead atoms. The normalized spacial score (nSPS) is 24.3. The molecule has 1 N–H and O–H groups in total. The predicted molar refractivity (Wildman–Crippen MR) is 84.7 cm³/mol. The monoisotopic (exact) mass is 323 g/mol. The first-order chi connectivity index (χ1) is 10.5. The lowest BCUT2D eigenvalue weighted by Crippen LogP contribution is -2.38. The van der Waals surface area contributed by atoms with Crippen molar-refractivity contribution in [3.05, 3.63) is 23.9 Å². The van der Waals surface area contributed by atoms with Gasteiger partial charge in [0.15, 0.2) is 0 Å². The van der Waals surface area contributed by atoms with Crippen molar-refractivity contribution in [2.24, 2.45) is 10.3 Å². The number of hydrogen-bond donors (Lipinski definition) is 1. The van der Waals surface area contributed by atoms with E-state index in [0.717, 1.165) is 6.54 Å². The fourth-order valence-electron chi connectivity index (χ4n) is 3.07. The summed E-state index contributed by atoms with van der Waals surface area (Å²) in [6.07, 6.45) is 11.1. The molecule has 0 radical (unpaired) electrons. The van der Waals surface area contributed by atoms with Gasteiger partial charge in [-0.2, -0.15) is 0 Å². The highest BCUT2D eigenvalue weighted by Crippen LogP contribution is 2.23. The van der Waals surface area contributed by atoms with Crippen LogP contribution in [0, 0.1) is 5.92 Å². The lowest BCUT2D eigenvalue weighted by molar-refractivity contribution is -0.117. The molecule has 3 aliphatic rings. The first-order valence-corrected chi connectivity index (χ1v) is 9.42. The minimum atomic E-state index is -3.35. The largest absolute Gasteiger partial charge is 0.352 e. The average molecular weight is 323 g/mol. The quantitative estimate of drug-likeness (QED) is 0.846. The molecule has 6 nitrogen and oxygen atoms in total. The summed E-state index contributed by atoms with van der Waals surface area (Å²) in [4.78, 5) is 13.9. The van der Waals surface area contributed by atoms with Crippen molar-refractivity contribution in [1.29, 1.82) is 0 Å². The van der Waals surface area contributed by atoms with Crippen LogP contribution in [0.15, 0.2) is 28.3 Å². The van der Waals surface area contributed by atoms with E-state index >= 15 is 0 Å². The third kappa shape index (κ3) is 3.58. The van der Waals surface area contributed by atoms with Crippen LogP contribution < -0.4 is 5.32 Å². The molecule has 22 heavy (non-hydrogen) atoms. The van der Waals surface area contributed by atoms with Crippen molar-refractivity contribution in [3.63, 3.8) is 0 Å². The van der Waals surface area contributed by atoms with Crippen LogP contribution in [0.3, 0.4) is 0 Å². The zero-order valence-electron chi connectivity index (χ0n) is 12.5. The lowest BCUT2D eigenvalue weighted by Gasteiger charge is -2.27. The molecule has 1 amide bonds. The van der Waals surface area contributed by atoms with Gasteiger partial charge in [0, 0.05) is 19.3 Å². The van der Waals surface area contributed by atoms with Crippen LogP contribution >= 0.6 is 0 Å². The summed E-state index contributed by atoms with van der Waals surface area (Å²) in [7, 11) is -3.35. The van der Waals surface area contributed by atoms with E-state index in [9.17, 15) is 13.2 Å². The number of rotatable bonds is 3. The molecule has 2 aliphatic heterocycles. The van der Waals surface area contributed by atoms with Gasteiger partial charge in [-0.25, -0.2) is 8.42 Å². The SMILES string of the molecule is O=C(NCC1CCCCC1)C1=CN2CCS(=O)(=O)N=C2C=C1. The Kier molecular flexibility index (Phi) is 4.33. The Morgan fingerprint density at radius 1 is 1.27 bits per heavy atom. The molecule has 120 valence electrons. The van der Waals surface area contributed by atoms with E-state index in [2.05, 4.69) is 9.71 Å². The Morgan fingerprint density at radius 2 is 2.05 bits per heavy atom. The van der Waals surface area contributed by atoms with Crippen LogP contribution in [0.25, 0.3) is 0 Å². The molecule has 1 fully saturated rings. The van der Waals surface area contributed by atoms with Gasteiger partial charge in [0.25, 0.3) is 15.9 Å². The lowest BCUT2D eigenvalue weighted by atomic mass is 9.89. The van der Waals surface area contributed by atoms with Gasteiger partial charge in [-0.15, -0.1) is 4.40 Å². The van der Waals surface area contributed by atoms with Gasteiger partial charge in [-0.05, 0) is 30.9 Å². The van der Waals surface area contributed by atoms with E-state index in [4.69, 9.17) is 0 Å². The number of amidine groups is 1. The smallest absolute Gasteiger partial charge is 0.256 e. The third-order valence-corrected chi connectivity index (χ3v) is 5.53. The van der Waals surface area contributed by atoms with E-state index in [1.54, 1.807) is 23.3 Å². The Labute approximate surface area is 131 Å². The third-order valence-electron chi connectivity index (χ3n) is 4.36. The molecule has 0 aromatic heterocycles. The van der Waals surface area contributed by atoms with E-state index in [1.807, 2.05) is 0 Å². The zero-order chi connectivity index (χ0) is 15.6. The second-order valence-electron chi connectivity index (χ2n) is 6.06. The molecule has 0 aromatic rings. The summed E-state index contributed by atoms with van der Waals surface area (Å²) in [5.41, 5.74) is 0.550. The van der Waals surface area contributed by atoms with Crippen LogP contribution in [0.4, 0.5) is 0 Å². The first-order valence-electron chi connectivity index (χ1n) is 7.81. The first kappa shape index (κ1) is 15.3. The van der Waals surface area contributed by atoms with Crippen LogP contribution in [0.2, 0.25) is 0 Å². The van der Waals surface area contributed by atoms with Gasteiger partial charge in [0.1, 0.15) is 5.84 Å². The summed E-state index contributed by atoms with van der Waals surface area (Å²) >= 11 is 0. The summed E-state index contributed by atoms with van der Waals surface area (Å²) in [6, 6.07) is 0. The van der Waals surface area contributed by atoms with Crippen molar-refractivity contribution < 1.29 is 13.2 Å². The van der Waals surface area contributed by atoms with Gasteiger partial charge in [-0.1, -0.05) is 19.3 Å². The topological polar surface area (TPSA) is 78.8 Å². The van der Waals surface area contributed by atoms with E-state index in [0.29, 0.717) is 23.9 Å². The minimum absolute atomic E-state index is 0.0161. The molecule has 3 rings (SSSR count). The summed E-state index contributed by atoms with van der Waals surface area (Å²) < 4.78 is 26.6. The highest BCUT2D eigenvalue weighted by Gasteiger charge is 2.25. The number of amides is 1. The van der Waals surface area contributed by atoms with Gasteiger partial charge in [0.2, 0.25) is 0 Å². The second-order valence-corrected chi connectivity index (χ2v) is 7.82. The second kappa shape index (κ2) is 6.24. The molecule has 1 aliphatic carbocycles. The van der Waals surface area contributed by atoms with Crippen molar-refractivity contribution in [3.8, 4) is 0 Å². The maximum Gasteiger partial charge on any atom is 0.256 e. The van der Waals surface area contributed by atoms with E-state index < -0.39 is 10.0 Å². The highest BCUT2D eigenvalue weighted by atomic mass is 32.2. The standard InChI is InChI=1S/C15H21N3O3S/c19-15(16-10-12-4-2-1-3-5-12)13-6-7-14-17-22(20,21)9-8-18(14)11-13/h6-7,11-12H,1-5,8-10H2,(H,16,19). The molecule has 0 spiro atoms. The van der Waals surface area contributed by atoms with E-state index in [-0.39, 0.29) is 11.7 Å².